The highest BCUT2D eigenvalue weighted by atomic mass is 79.9. The number of carbonyl (C=O) groups is 1. The van der Waals surface area contributed by atoms with E-state index in [1.807, 2.05) is 32.9 Å². The van der Waals surface area contributed by atoms with Gasteiger partial charge in [0.05, 0.1) is 12.3 Å². The molecule has 0 aliphatic carbocycles. The predicted molar refractivity (Wildman–Crippen MR) is 85.1 cm³/mol. The van der Waals surface area contributed by atoms with Gasteiger partial charge in [0.1, 0.15) is 9.93 Å². The molecule has 114 valence electrons. The van der Waals surface area contributed by atoms with Crippen LogP contribution in [0, 0.1) is 0 Å². The van der Waals surface area contributed by atoms with Gasteiger partial charge in [0.15, 0.2) is 6.23 Å². The first-order valence-corrected chi connectivity index (χ1v) is 8.02. The van der Waals surface area contributed by atoms with Gasteiger partial charge < -0.3 is 9.47 Å². The van der Waals surface area contributed by atoms with Gasteiger partial charge in [-0.2, -0.15) is 0 Å². The van der Waals surface area contributed by atoms with Crippen molar-refractivity contribution in [3.8, 4) is 0 Å². The summed E-state index contributed by atoms with van der Waals surface area (Å²) in [6, 6.07) is 5.56. The molecule has 4 nitrogen and oxygen atoms in total. The van der Waals surface area contributed by atoms with Gasteiger partial charge in [-0.15, -0.1) is 0 Å². The molecule has 1 fully saturated rings. The lowest BCUT2D eigenvalue weighted by atomic mass is 9.98. The van der Waals surface area contributed by atoms with Crippen LogP contribution in [0.3, 0.4) is 0 Å². The summed E-state index contributed by atoms with van der Waals surface area (Å²) in [5, 5.41) is 0.582. The minimum absolute atomic E-state index is 0.385. The van der Waals surface area contributed by atoms with Crippen LogP contribution in [0.5, 0.6) is 0 Å². The summed E-state index contributed by atoms with van der Waals surface area (Å²) in [6.45, 7) is 6.13. The van der Waals surface area contributed by atoms with Crippen LogP contribution in [-0.2, 0) is 13.8 Å². The van der Waals surface area contributed by atoms with Crippen molar-refractivity contribution < 1.29 is 14.3 Å². The molecule has 1 aromatic carbocycles. The zero-order chi connectivity index (χ0) is 15.4. The number of hydrogen-bond acceptors (Lipinski definition) is 3. The smallest absolute Gasteiger partial charge is 0.417 e. The maximum atomic E-state index is 12.6. The minimum atomic E-state index is -0.564. The first kappa shape index (κ1) is 15.1. The van der Waals surface area contributed by atoms with Crippen molar-refractivity contribution in [2.24, 2.45) is 0 Å². The molecule has 1 aromatic rings. The van der Waals surface area contributed by atoms with Crippen LogP contribution in [0.2, 0.25) is 5.02 Å². The molecule has 0 spiro atoms. The lowest BCUT2D eigenvalue weighted by Crippen LogP contribution is -2.45. The van der Waals surface area contributed by atoms with Gasteiger partial charge >= 0.3 is 6.09 Å². The molecule has 3 rings (SSSR count). The Labute approximate surface area is 137 Å². The monoisotopic (exact) mass is 373 g/mol. The van der Waals surface area contributed by atoms with E-state index in [9.17, 15) is 4.79 Å². The van der Waals surface area contributed by atoms with Crippen molar-refractivity contribution in [1.29, 1.82) is 0 Å². The Hall–Kier alpha value is -0.780. The van der Waals surface area contributed by atoms with Gasteiger partial charge in [0.25, 0.3) is 0 Å². The fourth-order valence-electron chi connectivity index (χ4n) is 2.81. The molecule has 0 aromatic heterocycles. The molecule has 0 radical (unpaired) electrons. The number of benzene rings is 1. The maximum absolute atomic E-state index is 12.6. The van der Waals surface area contributed by atoms with E-state index in [4.69, 9.17) is 21.1 Å². The summed E-state index contributed by atoms with van der Waals surface area (Å²) >= 11 is 9.86. The molecule has 0 saturated carbocycles. The van der Waals surface area contributed by atoms with Gasteiger partial charge in [0.2, 0.25) is 0 Å². The van der Waals surface area contributed by atoms with Gasteiger partial charge in [-0.25, -0.2) is 9.69 Å². The molecule has 1 saturated heterocycles. The number of fused-ring (bicyclic) bond motifs is 3. The maximum Gasteiger partial charge on any atom is 0.417 e. The zero-order valence-electron chi connectivity index (χ0n) is 12.2. The highest BCUT2D eigenvalue weighted by molar-refractivity contribution is 9.09. The molecule has 2 aliphatic rings. The molecule has 2 atom stereocenters. The Morgan fingerprint density at radius 3 is 2.90 bits per heavy atom. The molecule has 0 unspecified atom stereocenters. The van der Waals surface area contributed by atoms with Gasteiger partial charge in [-0.05, 0) is 44.9 Å². The van der Waals surface area contributed by atoms with Gasteiger partial charge in [-0.1, -0.05) is 33.6 Å². The van der Waals surface area contributed by atoms with E-state index in [0.717, 1.165) is 17.7 Å². The molecule has 6 heteroatoms. The van der Waals surface area contributed by atoms with Crippen molar-refractivity contribution in [3.63, 3.8) is 0 Å². The molecular weight excluding hydrogens is 358 g/mol. The van der Waals surface area contributed by atoms with Crippen molar-refractivity contribution in [2.75, 3.05) is 11.5 Å². The molecule has 0 bridgehead atoms. The number of nitrogens with zero attached hydrogens (tertiary/aromatic N) is 1. The lowest BCUT2D eigenvalue weighted by Gasteiger charge is -2.29. The lowest BCUT2D eigenvalue weighted by molar-refractivity contribution is 0.0411. The Morgan fingerprint density at radius 1 is 1.52 bits per heavy atom. The second-order valence-electron chi connectivity index (χ2n) is 6.35. The average molecular weight is 375 g/mol. The van der Waals surface area contributed by atoms with Crippen LogP contribution in [0.4, 0.5) is 10.5 Å². The van der Waals surface area contributed by atoms with Crippen molar-refractivity contribution >= 4 is 39.3 Å². The quantitative estimate of drug-likeness (QED) is 0.631. The van der Waals surface area contributed by atoms with E-state index in [1.54, 1.807) is 11.0 Å². The summed E-state index contributed by atoms with van der Waals surface area (Å²) in [4.78, 5) is 14.1. The van der Waals surface area contributed by atoms with E-state index in [0.29, 0.717) is 11.6 Å². The Balaban J connectivity index is 2.05. The van der Waals surface area contributed by atoms with Crippen LogP contribution >= 0.6 is 27.5 Å². The summed E-state index contributed by atoms with van der Waals surface area (Å²) in [7, 11) is 0. The SMILES string of the molecule is CC(C)(C)OC(=O)N1c2cc(Cl)ccc2[C@]2(Br)CCO[C@H]12. The number of carbonyl (C=O) groups excluding carboxylic acids is 1. The number of anilines is 1. The molecule has 0 N–H and O–H groups in total. The molecule has 1 amide bonds. The van der Waals surface area contributed by atoms with Crippen LogP contribution in [0.1, 0.15) is 32.8 Å². The van der Waals surface area contributed by atoms with Gasteiger partial charge in [-0.3, -0.25) is 0 Å². The standard InChI is InChI=1S/C15H17BrClNO3/c1-14(2,3)21-13(19)18-11-8-9(17)4-5-10(11)15(16)6-7-20-12(15)18/h4-5,8,12H,6-7H2,1-3H3/t12-,15+/m0/s1. The highest BCUT2D eigenvalue weighted by Gasteiger charge is 2.56. The number of hydrogen-bond donors (Lipinski definition) is 0. The van der Waals surface area contributed by atoms with Gasteiger partial charge in [0, 0.05) is 5.02 Å². The van der Waals surface area contributed by atoms with Crippen LogP contribution in [0.25, 0.3) is 0 Å². The largest absolute Gasteiger partial charge is 0.443 e. The summed E-state index contributed by atoms with van der Waals surface area (Å²) in [6.07, 6.45) is -0.0222. The summed E-state index contributed by atoms with van der Waals surface area (Å²) in [5.74, 6) is 0. The molecule has 2 heterocycles. The van der Waals surface area contributed by atoms with Crippen LogP contribution in [-0.4, -0.2) is 24.5 Å². The number of amides is 1. The Bertz CT molecular complexity index is 601. The number of ether oxygens (including phenoxy) is 2. The predicted octanol–water partition coefficient (Wildman–Crippen LogP) is 4.43. The topological polar surface area (TPSA) is 38.8 Å². The third-order valence-electron chi connectivity index (χ3n) is 3.62. The third kappa shape index (κ3) is 2.45. The Kier molecular flexibility index (Phi) is 3.50. The second-order valence-corrected chi connectivity index (χ2v) is 8.20. The summed E-state index contributed by atoms with van der Waals surface area (Å²) in [5.41, 5.74) is 1.20. The third-order valence-corrected chi connectivity index (χ3v) is 5.08. The molecular formula is C15H17BrClNO3. The van der Waals surface area contributed by atoms with E-state index in [1.165, 1.54) is 0 Å². The Morgan fingerprint density at radius 2 is 2.24 bits per heavy atom. The fourth-order valence-corrected chi connectivity index (χ4v) is 3.81. The fraction of sp³-hybridized carbons (Fsp3) is 0.533. The molecule has 2 aliphatic heterocycles. The minimum Gasteiger partial charge on any atom is -0.443 e. The molecule has 21 heavy (non-hydrogen) atoms. The van der Waals surface area contributed by atoms with Crippen molar-refractivity contribution in [3.05, 3.63) is 28.8 Å². The van der Waals surface area contributed by atoms with E-state index >= 15 is 0 Å². The highest BCUT2D eigenvalue weighted by Crippen LogP contribution is 2.55. The second kappa shape index (κ2) is 4.86. The summed E-state index contributed by atoms with van der Waals surface area (Å²) < 4.78 is 10.9. The number of rotatable bonds is 0. The van der Waals surface area contributed by atoms with Crippen LogP contribution in [0.15, 0.2) is 18.2 Å². The first-order chi connectivity index (χ1) is 9.72. The van der Waals surface area contributed by atoms with Crippen molar-refractivity contribution in [2.45, 2.75) is 43.3 Å². The van der Waals surface area contributed by atoms with E-state index < -0.39 is 17.9 Å². The first-order valence-electron chi connectivity index (χ1n) is 6.85. The van der Waals surface area contributed by atoms with E-state index in [2.05, 4.69) is 15.9 Å². The number of alkyl halides is 1. The van der Waals surface area contributed by atoms with Crippen molar-refractivity contribution in [1.82, 2.24) is 0 Å². The van der Waals surface area contributed by atoms with Crippen LogP contribution < -0.4 is 4.90 Å². The zero-order valence-corrected chi connectivity index (χ0v) is 14.5. The average Bonchev–Trinajstić information content (AvgIpc) is 2.79. The van der Waals surface area contributed by atoms with E-state index in [-0.39, 0.29) is 4.32 Å². The number of halogens is 2. The normalized spacial score (nSPS) is 27.5.